The predicted octanol–water partition coefficient (Wildman–Crippen LogP) is 1.84. The van der Waals surface area contributed by atoms with Crippen LogP contribution in [0.3, 0.4) is 0 Å². The Kier molecular flexibility index (Phi) is 3.87. The topological polar surface area (TPSA) is 79.9 Å². The Morgan fingerprint density at radius 3 is 2.75 bits per heavy atom. The average molecular weight is 286 g/mol. The van der Waals surface area contributed by atoms with Gasteiger partial charge in [-0.05, 0) is 12.1 Å². The number of benzene rings is 1. The zero-order valence-electron chi connectivity index (χ0n) is 9.94. The van der Waals surface area contributed by atoms with Crippen LogP contribution in [0.25, 0.3) is 0 Å². The van der Waals surface area contributed by atoms with Crippen LogP contribution >= 0.6 is 0 Å². The molecule has 1 aromatic heterocycles. The Hall–Kier alpha value is -2.58. The summed E-state index contributed by atoms with van der Waals surface area (Å²) < 4.78 is 42.9. The van der Waals surface area contributed by atoms with Crippen LogP contribution in [0.2, 0.25) is 0 Å². The molecular formula is C11H9F3N4O2. The van der Waals surface area contributed by atoms with Gasteiger partial charge >= 0.3 is 6.18 Å². The van der Waals surface area contributed by atoms with Gasteiger partial charge in [0.15, 0.2) is 6.61 Å². The Morgan fingerprint density at radius 1 is 1.35 bits per heavy atom. The van der Waals surface area contributed by atoms with Crippen LogP contribution in [0.4, 0.5) is 19.1 Å². The third kappa shape index (κ3) is 3.46. The Morgan fingerprint density at radius 2 is 2.10 bits per heavy atom. The van der Waals surface area contributed by atoms with E-state index < -0.39 is 30.0 Å². The molecule has 1 aromatic carbocycles. The molecule has 0 saturated heterocycles. The van der Waals surface area contributed by atoms with E-state index in [4.69, 9.17) is 4.74 Å². The lowest BCUT2D eigenvalue weighted by atomic mass is 10.2. The van der Waals surface area contributed by atoms with Crippen LogP contribution in [0.5, 0.6) is 5.75 Å². The van der Waals surface area contributed by atoms with E-state index in [0.29, 0.717) is 0 Å². The molecule has 0 radical (unpaired) electrons. The highest BCUT2D eigenvalue weighted by atomic mass is 19.4. The van der Waals surface area contributed by atoms with Gasteiger partial charge in [0.05, 0.1) is 5.56 Å². The van der Waals surface area contributed by atoms with Gasteiger partial charge in [0.2, 0.25) is 5.95 Å². The number of nitrogens with one attached hydrogen (secondary N) is 2. The first-order chi connectivity index (χ1) is 9.47. The summed E-state index contributed by atoms with van der Waals surface area (Å²) in [4.78, 5) is 15.1. The second kappa shape index (κ2) is 5.59. The molecule has 2 N–H and O–H groups in total. The number of amides is 1. The maximum Gasteiger partial charge on any atom is 0.419 e. The first-order valence-electron chi connectivity index (χ1n) is 5.41. The molecule has 6 nitrogen and oxygen atoms in total. The van der Waals surface area contributed by atoms with Gasteiger partial charge in [-0.2, -0.15) is 23.3 Å². The molecule has 9 heteroatoms. The van der Waals surface area contributed by atoms with Gasteiger partial charge in [-0.25, -0.2) is 5.10 Å². The van der Waals surface area contributed by atoms with Gasteiger partial charge in [0, 0.05) is 0 Å². The SMILES string of the molecule is O=C(COc1ccccc1C(F)(F)F)Nc1ncn[nH]1. The summed E-state index contributed by atoms with van der Waals surface area (Å²) in [5.41, 5.74) is -0.938. The molecule has 0 aliphatic carbocycles. The predicted molar refractivity (Wildman–Crippen MR) is 62.0 cm³/mol. The first-order valence-corrected chi connectivity index (χ1v) is 5.41. The summed E-state index contributed by atoms with van der Waals surface area (Å²) in [7, 11) is 0. The standard InChI is InChI=1S/C11H9F3N4O2/c12-11(13,14)7-3-1-2-4-8(7)20-5-9(19)17-10-15-6-16-18-10/h1-4,6H,5H2,(H2,15,16,17,18,19). The van der Waals surface area contributed by atoms with Gasteiger partial charge in [0.25, 0.3) is 5.91 Å². The number of hydrogen-bond acceptors (Lipinski definition) is 4. The van der Waals surface area contributed by atoms with Gasteiger partial charge < -0.3 is 4.74 Å². The minimum absolute atomic E-state index is 0.0858. The van der Waals surface area contributed by atoms with Crippen LogP contribution in [0.1, 0.15) is 5.56 Å². The number of nitrogens with zero attached hydrogens (tertiary/aromatic N) is 2. The van der Waals surface area contributed by atoms with Crippen LogP contribution in [-0.2, 0) is 11.0 Å². The highest BCUT2D eigenvalue weighted by Gasteiger charge is 2.34. The van der Waals surface area contributed by atoms with Crippen molar-refractivity contribution in [3.05, 3.63) is 36.2 Å². The van der Waals surface area contributed by atoms with Gasteiger partial charge in [-0.1, -0.05) is 12.1 Å². The fourth-order valence-electron chi connectivity index (χ4n) is 1.40. The normalized spacial score (nSPS) is 11.2. The molecule has 1 amide bonds. The molecule has 0 bridgehead atoms. The summed E-state index contributed by atoms with van der Waals surface area (Å²) in [5.74, 6) is -0.978. The lowest BCUT2D eigenvalue weighted by Gasteiger charge is -2.13. The van der Waals surface area contributed by atoms with Crippen molar-refractivity contribution in [1.29, 1.82) is 0 Å². The third-order valence-corrected chi connectivity index (χ3v) is 2.22. The van der Waals surface area contributed by atoms with Crippen molar-refractivity contribution in [2.45, 2.75) is 6.18 Å². The van der Waals surface area contributed by atoms with Crippen molar-refractivity contribution in [2.24, 2.45) is 0 Å². The number of hydrogen-bond donors (Lipinski definition) is 2. The zero-order chi connectivity index (χ0) is 14.6. The number of para-hydroxylation sites is 1. The quantitative estimate of drug-likeness (QED) is 0.898. The minimum atomic E-state index is -4.54. The van der Waals surface area contributed by atoms with Crippen molar-refractivity contribution in [2.75, 3.05) is 11.9 Å². The molecule has 0 aliphatic heterocycles. The molecule has 0 fully saturated rings. The second-order valence-electron chi connectivity index (χ2n) is 3.66. The second-order valence-corrected chi connectivity index (χ2v) is 3.66. The van der Waals surface area contributed by atoms with E-state index in [9.17, 15) is 18.0 Å². The van der Waals surface area contributed by atoms with E-state index >= 15 is 0 Å². The number of halogens is 3. The van der Waals surface area contributed by atoms with Crippen LogP contribution in [0, 0.1) is 0 Å². The fourth-order valence-corrected chi connectivity index (χ4v) is 1.40. The summed E-state index contributed by atoms with van der Waals surface area (Å²) in [6.45, 7) is -0.576. The monoisotopic (exact) mass is 286 g/mol. The molecule has 2 rings (SSSR count). The minimum Gasteiger partial charge on any atom is -0.483 e. The lowest BCUT2D eigenvalue weighted by molar-refractivity contribution is -0.139. The fraction of sp³-hybridized carbons (Fsp3) is 0.182. The summed E-state index contributed by atoms with van der Waals surface area (Å²) in [5, 5.41) is 8.15. The molecular weight excluding hydrogens is 277 g/mol. The molecule has 0 spiro atoms. The number of aromatic amines is 1. The molecule has 0 atom stereocenters. The van der Waals surface area contributed by atoms with Crippen molar-refractivity contribution in [3.63, 3.8) is 0 Å². The number of H-pyrrole nitrogens is 1. The lowest BCUT2D eigenvalue weighted by Crippen LogP contribution is -2.22. The molecule has 0 saturated carbocycles. The van der Waals surface area contributed by atoms with E-state index in [1.807, 2.05) is 0 Å². The van der Waals surface area contributed by atoms with E-state index in [1.54, 1.807) is 0 Å². The van der Waals surface area contributed by atoms with Crippen molar-refractivity contribution in [1.82, 2.24) is 15.2 Å². The summed E-state index contributed by atoms with van der Waals surface area (Å²) in [6.07, 6.45) is -3.37. The van der Waals surface area contributed by atoms with E-state index in [2.05, 4.69) is 20.5 Å². The average Bonchev–Trinajstić information content (AvgIpc) is 2.88. The molecule has 2 aromatic rings. The number of carbonyl (C=O) groups is 1. The molecule has 20 heavy (non-hydrogen) atoms. The molecule has 1 heterocycles. The van der Waals surface area contributed by atoms with Crippen molar-refractivity contribution < 1.29 is 22.7 Å². The maximum atomic E-state index is 12.7. The highest BCUT2D eigenvalue weighted by molar-refractivity contribution is 5.90. The van der Waals surface area contributed by atoms with Crippen LogP contribution in [0.15, 0.2) is 30.6 Å². The number of aromatic nitrogens is 3. The highest BCUT2D eigenvalue weighted by Crippen LogP contribution is 2.35. The summed E-state index contributed by atoms with van der Waals surface area (Å²) in [6, 6.07) is 4.65. The number of rotatable bonds is 4. The molecule has 0 aliphatic rings. The number of ether oxygens (including phenoxy) is 1. The van der Waals surface area contributed by atoms with Gasteiger partial charge in [0.1, 0.15) is 12.1 Å². The van der Waals surface area contributed by atoms with Crippen LogP contribution < -0.4 is 10.1 Å². The Bertz CT molecular complexity index is 584. The van der Waals surface area contributed by atoms with Crippen molar-refractivity contribution in [3.8, 4) is 5.75 Å². The maximum absolute atomic E-state index is 12.7. The molecule has 106 valence electrons. The largest absolute Gasteiger partial charge is 0.483 e. The smallest absolute Gasteiger partial charge is 0.419 e. The third-order valence-electron chi connectivity index (χ3n) is 2.22. The molecule has 0 unspecified atom stereocenters. The van der Waals surface area contributed by atoms with E-state index in [1.165, 1.54) is 18.5 Å². The first kappa shape index (κ1) is 13.8. The van der Waals surface area contributed by atoms with Gasteiger partial charge in [-0.3, -0.25) is 10.1 Å². The van der Waals surface area contributed by atoms with Crippen LogP contribution in [-0.4, -0.2) is 27.7 Å². The number of alkyl halides is 3. The number of carbonyl (C=O) groups excluding carboxylic acids is 1. The Labute approximate surface area is 111 Å². The summed E-state index contributed by atoms with van der Waals surface area (Å²) >= 11 is 0. The Balaban J connectivity index is 1.99. The zero-order valence-corrected chi connectivity index (χ0v) is 9.94. The van der Waals surface area contributed by atoms with Gasteiger partial charge in [-0.15, -0.1) is 0 Å². The number of anilines is 1. The van der Waals surface area contributed by atoms with Crippen molar-refractivity contribution >= 4 is 11.9 Å². The van der Waals surface area contributed by atoms with E-state index in [0.717, 1.165) is 12.1 Å². The van der Waals surface area contributed by atoms with E-state index in [-0.39, 0.29) is 5.95 Å².